The van der Waals surface area contributed by atoms with E-state index in [9.17, 15) is 9.59 Å². The van der Waals surface area contributed by atoms with Crippen LogP contribution in [0.3, 0.4) is 0 Å². The van der Waals surface area contributed by atoms with E-state index in [1.807, 2.05) is 51.1 Å². The molecule has 0 radical (unpaired) electrons. The summed E-state index contributed by atoms with van der Waals surface area (Å²) in [5.74, 6) is 0.402. The summed E-state index contributed by atoms with van der Waals surface area (Å²) in [5, 5.41) is 6.91. The Balaban J connectivity index is 1.66. The molecule has 7 nitrogen and oxygen atoms in total. The molecule has 0 atom stereocenters. The highest BCUT2D eigenvalue weighted by molar-refractivity contribution is 14.1. The van der Waals surface area contributed by atoms with Gasteiger partial charge in [-0.1, -0.05) is 35.9 Å². The van der Waals surface area contributed by atoms with Crippen LogP contribution in [0.25, 0.3) is 0 Å². The third-order valence-electron chi connectivity index (χ3n) is 4.75. The molecule has 3 rings (SSSR count). The van der Waals surface area contributed by atoms with Crippen molar-refractivity contribution >= 4 is 46.3 Å². The van der Waals surface area contributed by atoms with Crippen LogP contribution in [0.5, 0.6) is 11.5 Å². The number of amides is 2. The maximum absolute atomic E-state index is 12.5. The number of hydrazone groups is 1. The van der Waals surface area contributed by atoms with Crippen LogP contribution in [0.2, 0.25) is 0 Å². The minimum Gasteiger partial charge on any atom is -0.490 e. The molecule has 0 aliphatic carbocycles. The Bertz CT molecular complexity index is 1200. The number of carbonyl (C=O) groups excluding carboxylic acids is 2. The first-order valence-corrected chi connectivity index (χ1v) is 11.8. The number of hydrogen-bond donors (Lipinski definition) is 2. The first-order chi connectivity index (χ1) is 16.4. The first-order valence-electron chi connectivity index (χ1n) is 10.7. The van der Waals surface area contributed by atoms with Crippen molar-refractivity contribution in [1.29, 1.82) is 0 Å². The van der Waals surface area contributed by atoms with Crippen molar-refractivity contribution in [1.82, 2.24) is 5.43 Å². The second-order valence-electron chi connectivity index (χ2n) is 7.48. The SMILES string of the molecule is CCOc1cc(/C=N/NC(=O)c2ccccc2)cc(I)c1OCC(=O)Nc1ccc(C)cc1C. The molecule has 0 saturated carbocycles. The van der Waals surface area contributed by atoms with Crippen molar-refractivity contribution in [3.05, 3.63) is 86.5 Å². The topological polar surface area (TPSA) is 89.0 Å². The number of rotatable bonds is 9. The minimum atomic E-state index is -0.300. The molecule has 0 aliphatic rings. The summed E-state index contributed by atoms with van der Waals surface area (Å²) in [4.78, 5) is 24.6. The molecule has 2 N–H and O–H groups in total. The third-order valence-corrected chi connectivity index (χ3v) is 5.55. The number of carbonyl (C=O) groups is 2. The number of aryl methyl sites for hydroxylation is 2. The van der Waals surface area contributed by atoms with Gasteiger partial charge < -0.3 is 14.8 Å². The Kier molecular flexibility index (Phi) is 9.03. The average Bonchev–Trinajstić information content (AvgIpc) is 2.81. The van der Waals surface area contributed by atoms with Crippen LogP contribution in [-0.2, 0) is 4.79 Å². The van der Waals surface area contributed by atoms with E-state index in [1.54, 1.807) is 30.3 Å². The highest BCUT2D eigenvalue weighted by atomic mass is 127. The Hall–Kier alpha value is -3.40. The number of halogens is 1. The first kappa shape index (κ1) is 25.2. The van der Waals surface area contributed by atoms with Crippen LogP contribution < -0.4 is 20.2 Å². The zero-order valence-corrected chi connectivity index (χ0v) is 21.4. The fraction of sp³-hybridized carbons (Fsp3) is 0.192. The Labute approximate surface area is 212 Å². The van der Waals surface area contributed by atoms with Gasteiger partial charge in [-0.25, -0.2) is 5.43 Å². The van der Waals surface area contributed by atoms with Crippen LogP contribution >= 0.6 is 22.6 Å². The van der Waals surface area contributed by atoms with Gasteiger partial charge in [0.05, 0.1) is 16.4 Å². The standard InChI is InChI=1S/C26H26IN3O4/c1-4-33-23-14-19(15-28-30-26(32)20-8-6-5-7-9-20)13-21(27)25(23)34-16-24(31)29-22-11-10-17(2)12-18(22)3/h5-15H,4,16H2,1-3H3,(H,29,31)(H,30,32)/b28-15+. The van der Waals surface area contributed by atoms with Gasteiger partial charge in [-0.2, -0.15) is 5.10 Å². The number of nitrogens with one attached hydrogen (secondary N) is 2. The highest BCUT2D eigenvalue weighted by Crippen LogP contribution is 2.34. The van der Waals surface area contributed by atoms with Crippen LogP contribution in [0, 0.1) is 17.4 Å². The number of hydrogen-bond acceptors (Lipinski definition) is 5. The molecule has 0 heterocycles. The van der Waals surface area contributed by atoms with Crippen molar-refractivity contribution in [3.63, 3.8) is 0 Å². The number of anilines is 1. The quantitative estimate of drug-likeness (QED) is 0.213. The van der Waals surface area contributed by atoms with E-state index in [0.717, 1.165) is 20.4 Å². The van der Waals surface area contributed by atoms with Gasteiger partial charge in [0.1, 0.15) is 0 Å². The summed E-state index contributed by atoms with van der Waals surface area (Å²) >= 11 is 2.12. The molecule has 3 aromatic rings. The molecule has 2 amide bonds. The summed E-state index contributed by atoms with van der Waals surface area (Å²) in [6, 6.07) is 18.3. The van der Waals surface area contributed by atoms with Gasteiger partial charge in [-0.05, 0) is 84.8 Å². The molecule has 0 spiro atoms. The Morgan fingerprint density at radius 1 is 1.03 bits per heavy atom. The second-order valence-corrected chi connectivity index (χ2v) is 8.65. The molecule has 0 bridgehead atoms. The van der Waals surface area contributed by atoms with Crippen LogP contribution in [-0.4, -0.2) is 31.2 Å². The fourth-order valence-corrected chi connectivity index (χ4v) is 3.94. The highest BCUT2D eigenvalue weighted by Gasteiger charge is 2.14. The summed E-state index contributed by atoms with van der Waals surface area (Å²) in [5.41, 5.74) is 6.61. The van der Waals surface area contributed by atoms with Crippen molar-refractivity contribution < 1.29 is 19.1 Å². The summed E-state index contributed by atoms with van der Waals surface area (Å²) < 4.78 is 12.3. The summed E-state index contributed by atoms with van der Waals surface area (Å²) in [6.07, 6.45) is 1.53. The third kappa shape index (κ3) is 7.05. The van der Waals surface area contributed by atoms with E-state index in [-0.39, 0.29) is 18.4 Å². The zero-order chi connectivity index (χ0) is 24.5. The average molecular weight is 571 g/mol. The summed E-state index contributed by atoms with van der Waals surface area (Å²) in [6.45, 7) is 6.08. The van der Waals surface area contributed by atoms with E-state index in [1.165, 1.54) is 6.21 Å². The van der Waals surface area contributed by atoms with Crippen molar-refractivity contribution in [2.24, 2.45) is 5.10 Å². The normalized spacial score (nSPS) is 10.7. The summed E-state index contributed by atoms with van der Waals surface area (Å²) in [7, 11) is 0. The molecule has 0 fully saturated rings. The van der Waals surface area contributed by atoms with Crippen molar-refractivity contribution in [2.45, 2.75) is 20.8 Å². The Morgan fingerprint density at radius 3 is 2.50 bits per heavy atom. The van der Waals surface area contributed by atoms with Crippen LogP contribution in [0.1, 0.15) is 34.0 Å². The predicted octanol–water partition coefficient (Wildman–Crippen LogP) is 5.09. The largest absolute Gasteiger partial charge is 0.490 e. The fourth-order valence-electron chi connectivity index (χ4n) is 3.16. The molecule has 0 unspecified atom stereocenters. The van der Waals surface area contributed by atoms with Gasteiger partial charge >= 0.3 is 0 Å². The Morgan fingerprint density at radius 2 is 1.79 bits per heavy atom. The second kappa shape index (κ2) is 12.2. The molecule has 0 saturated heterocycles. The lowest BCUT2D eigenvalue weighted by Gasteiger charge is -2.15. The molecule has 8 heteroatoms. The minimum absolute atomic E-state index is 0.163. The predicted molar refractivity (Wildman–Crippen MR) is 142 cm³/mol. The molecular formula is C26H26IN3O4. The van der Waals surface area contributed by atoms with E-state index in [2.05, 4.69) is 38.4 Å². The maximum atomic E-state index is 12.5. The smallest absolute Gasteiger partial charge is 0.271 e. The lowest BCUT2D eigenvalue weighted by molar-refractivity contribution is -0.118. The van der Waals surface area contributed by atoms with Crippen LogP contribution in [0.15, 0.2) is 65.8 Å². The van der Waals surface area contributed by atoms with Crippen molar-refractivity contribution in [3.8, 4) is 11.5 Å². The van der Waals surface area contributed by atoms with E-state index in [0.29, 0.717) is 29.2 Å². The van der Waals surface area contributed by atoms with Gasteiger partial charge in [-0.3, -0.25) is 9.59 Å². The maximum Gasteiger partial charge on any atom is 0.271 e. The van der Waals surface area contributed by atoms with E-state index < -0.39 is 0 Å². The van der Waals surface area contributed by atoms with E-state index >= 15 is 0 Å². The lowest BCUT2D eigenvalue weighted by Crippen LogP contribution is -2.21. The van der Waals surface area contributed by atoms with Gasteiger partial charge in [0, 0.05) is 11.3 Å². The molecule has 176 valence electrons. The number of ether oxygens (including phenoxy) is 2. The molecule has 0 aromatic heterocycles. The zero-order valence-electron chi connectivity index (χ0n) is 19.2. The molecule has 3 aromatic carbocycles. The molecule has 34 heavy (non-hydrogen) atoms. The molecule has 0 aliphatic heterocycles. The van der Waals surface area contributed by atoms with Gasteiger partial charge in [0.2, 0.25) is 0 Å². The number of benzene rings is 3. The van der Waals surface area contributed by atoms with Crippen LogP contribution in [0.4, 0.5) is 5.69 Å². The van der Waals surface area contributed by atoms with E-state index in [4.69, 9.17) is 9.47 Å². The van der Waals surface area contributed by atoms with Crippen molar-refractivity contribution in [2.75, 3.05) is 18.5 Å². The lowest BCUT2D eigenvalue weighted by atomic mass is 10.1. The monoisotopic (exact) mass is 571 g/mol. The van der Waals surface area contributed by atoms with Gasteiger partial charge in [0.25, 0.3) is 11.8 Å². The van der Waals surface area contributed by atoms with Gasteiger partial charge in [0.15, 0.2) is 18.1 Å². The van der Waals surface area contributed by atoms with Gasteiger partial charge in [-0.15, -0.1) is 0 Å². The number of nitrogens with zero attached hydrogens (tertiary/aromatic N) is 1. The molecular weight excluding hydrogens is 545 g/mol.